The molecule has 0 saturated carbocycles. The van der Waals surface area contributed by atoms with E-state index in [4.69, 9.17) is 20.6 Å². The molecule has 0 radical (unpaired) electrons. The van der Waals surface area contributed by atoms with Gasteiger partial charge in [-0.3, -0.25) is 9.59 Å². The highest BCUT2D eigenvalue weighted by atomic mass is 16.5. The number of ether oxygens (including phenoxy) is 3. The number of nitrogens with zero attached hydrogens (tertiary/aromatic N) is 4. The number of carbonyl (C=O) groups is 2. The number of hydrogen-bond acceptors (Lipinski definition) is 9. The topological polar surface area (TPSA) is 103 Å². The maximum Gasteiger partial charge on any atom is 0.204 e. The van der Waals surface area contributed by atoms with E-state index in [2.05, 4.69) is 25.8 Å². The number of methoxy groups -OCH3 is 1. The molecule has 1 saturated heterocycles. The molecule has 176 valence electrons. The van der Waals surface area contributed by atoms with Gasteiger partial charge in [-0.2, -0.15) is 0 Å². The average Bonchev–Trinajstić information content (AvgIpc) is 3.36. The fourth-order valence-corrected chi connectivity index (χ4v) is 3.96. The molecule has 1 aromatic carbocycles. The molecule has 9 heteroatoms. The van der Waals surface area contributed by atoms with Gasteiger partial charge in [-0.25, -0.2) is 15.0 Å². The number of Topliss-reactive ketones (excluding diaryl/α,β-unsaturated/α-hetero) is 1. The van der Waals surface area contributed by atoms with Gasteiger partial charge in [0.15, 0.2) is 23.1 Å². The van der Waals surface area contributed by atoms with E-state index in [9.17, 15) is 9.59 Å². The first-order valence-corrected chi connectivity index (χ1v) is 11.2. The van der Waals surface area contributed by atoms with E-state index in [0.29, 0.717) is 29.0 Å². The van der Waals surface area contributed by atoms with E-state index >= 15 is 0 Å². The summed E-state index contributed by atoms with van der Waals surface area (Å²) in [5.74, 6) is 2.78. The highest BCUT2D eigenvalue weighted by Crippen LogP contribution is 2.35. The van der Waals surface area contributed by atoms with Crippen LogP contribution in [0.3, 0.4) is 0 Å². The molecule has 2 aliphatic rings. The first-order chi connectivity index (χ1) is 16.6. The van der Waals surface area contributed by atoms with Crippen molar-refractivity contribution >= 4 is 34.0 Å². The van der Waals surface area contributed by atoms with Crippen LogP contribution in [0, 0.1) is 12.3 Å². The summed E-state index contributed by atoms with van der Waals surface area (Å²) in [6.07, 6.45) is 10.9. The van der Waals surface area contributed by atoms with Crippen molar-refractivity contribution in [1.82, 2.24) is 14.9 Å². The minimum absolute atomic E-state index is 0.0531. The van der Waals surface area contributed by atoms with Crippen LogP contribution in [0.5, 0.6) is 11.5 Å². The van der Waals surface area contributed by atoms with Crippen LogP contribution in [0.25, 0.3) is 10.9 Å². The minimum atomic E-state index is -0.427. The maximum absolute atomic E-state index is 12.5. The van der Waals surface area contributed by atoms with Crippen molar-refractivity contribution in [1.29, 1.82) is 0 Å². The van der Waals surface area contributed by atoms with Gasteiger partial charge in [-0.1, -0.05) is 5.92 Å². The first kappa shape index (κ1) is 23.4. The summed E-state index contributed by atoms with van der Waals surface area (Å²) in [7, 11) is 1.56. The molecule has 1 fully saturated rings. The van der Waals surface area contributed by atoms with Gasteiger partial charge >= 0.3 is 0 Å². The van der Waals surface area contributed by atoms with Crippen molar-refractivity contribution in [2.45, 2.75) is 25.7 Å². The van der Waals surface area contributed by atoms with Crippen molar-refractivity contribution in [3.8, 4) is 23.8 Å². The summed E-state index contributed by atoms with van der Waals surface area (Å²) >= 11 is 0. The molecule has 1 aromatic heterocycles. The lowest BCUT2D eigenvalue weighted by atomic mass is 10.0. The van der Waals surface area contributed by atoms with E-state index in [1.807, 2.05) is 0 Å². The molecule has 34 heavy (non-hydrogen) atoms. The summed E-state index contributed by atoms with van der Waals surface area (Å²) < 4.78 is 16.6. The van der Waals surface area contributed by atoms with E-state index in [1.54, 1.807) is 19.2 Å². The smallest absolute Gasteiger partial charge is 0.204 e. The van der Waals surface area contributed by atoms with Crippen molar-refractivity contribution < 1.29 is 23.8 Å². The standard InChI is InChI=1S/C25H26N4O5/c1-3-10-33-22-15-20(30)19(13-21(22)31)28-25-17-12-23(32-2)24(14-18(17)26-16-27-25)34-11-6-9-29-7-4-5-8-29/h1,12,14-16H,4-11,13H2,2H3. The van der Waals surface area contributed by atoms with Gasteiger partial charge in [0.05, 0.1) is 31.4 Å². The van der Waals surface area contributed by atoms with Crippen LogP contribution >= 0.6 is 0 Å². The van der Waals surface area contributed by atoms with Gasteiger partial charge in [-0.15, -0.1) is 6.42 Å². The summed E-state index contributed by atoms with van der Waals surface area (Å²) in [4.78, 5) is 40.1. The molecule has 0 N–H and O–H groups in total. The SMILES string of the molecule is C#CCOC1=CC(=O)C(=Nc2ncnc3cc(OCCCN4CCCC4)c(OC)cc23)CC1=O. The summed E-state index contributed by atoms with van der Waals surface area (Å²) in [5, 5.41) is 0.579. The molecule has 0 spiro atoms. The number of hydrogen-bond donors (Lipinski definition) is 0. The Morgan fingerprint density at radius 1 is 1.15 bits per heavy atom. The van der Waals surface area contributed by atoms with Crippen LogP contribution in [-0.2, 0) is 14.3 Å². The first-order valence-electron chi connectivity index (χ1n) is 11.2. The predicted octanol–water partition coefficient (Wildman–Crippen LogP) is 2.65. The fourth-order valence-electron chi connectivity index (χ4n) is 3.96. The van der Waals surface area contributed by atoms with Gasteiger partial charge in [0, 0.05) is 24.1 Å². The largest absolute Gasteiger partial charge is 0.493 e. The van der Waals surface area contributed by atoms with Crippen LogP contribution in [0.15, 0.2) is 35.3 Å². The third kappa shape index (κ3) is 5.41. The van der Waals surface area contributed by atoms with Crippen molar-refractivity contribution in [3.05, 3.63) is 30.3 Å². The predicted molar refractivity (Wildman–Crippen MR) is 126 cm³/mol. The molecule has 1 aliphatic carbocycles. The number of carbonyl (C=O) groups excluding carboxylic acids is 2. The Balaban J connectivity index is 1.54. The van der Waals surface area contributed by atoms with Gasteiger partial charge in [-0.05, 0) is 38.4 Å². The summed E-state index contributed by atoms with van der Waals surface area (Å²) in [6.45, 7) is 3.80. The van der Waals surface area contributed by atoms with E-state index in [1.165, 1.54) is 19.2 Å². The zero-order valence-corrected chi connectivity index (χ0v) is 19.1. The highest BCUT2D eigenvalue weighted by Gasteiger charge is 2.26. The van der Waals surface area contributed by atoms with E-state index < -0.39 is 5.78 Å². The zero-order chi connectivity index (χ0) is 23.9. The third-order valence-electron chi connectivity index (χ3n) is 5.68. The highest BCUT2D eigenvalue weighted by molar-refractivity contribution is 6.50. The molecule has 0 bridgehead atoms. The summed E-state index contributed by atoms with van der Waals surface area (Å²) in [5.41, 5.74) is 0.659. The molecular formula is C25H26N4O5. The minimum Gasteiger partial charge on any atom is -0.493 e. The van der Waals surface area contributed by atoms with Gasteiger partial charge in [0.25, 0.3) is 0 Å². The molecule has 0 atom stereocenters. The number of allylic oxidation sites excluding steroid dienone is 2. The molecule has 0 unspecified atom stereocenters. The Labute approximate surface area is 197 Å². The Hall–Kier alpha value is -3.77. The van der Waals surface area contributed by atoms with Crippen LogP contribution in [0.1, 0.15) is 25.7 Å². The number of aliphatic imine (C=N–C) groups is 1. The molecule has 9 nitrogen and oxygen atoms in total. The Morgan fingerprint density at radius 3 is 2.74 bits per heavy atom. The van der Waals surface area contributed by atoms with E-state index in [-0.39, 0.29) is 36.1 Å². The lowest BCUT2D eigenvalue weighted by Gasteiger charge is -2.16. The molecule has 2 heterocycles. The monoisotopic (exact) mass is 462 g/mol. The Bertz CT molecular complexity index is 1190. The van der Waals surface area contributed by atoms with Gasteiger partial charge in [0.2, 0.25) is 11.6 Å². The second-order valence-corrected chi connectivity index (χ2v) is 7.99. The Kier molecular flexibility index (Phi) is 7.50. The average molecular weight is 463 g/mol. The third-order valence-corrected chi connectivity index (χ3v) is 5.68. The van der Waals surface area contributed by atoms with Crippen LogP contribution in [0.4, 0.5) is 5.82 Å². The van der Waals surface area contributed by atoms with Crippen molar-refractivity contribution in [2.75, 3.05) is 40.0 Å². The molecule has 2 aromatic rings. The fraction of sp³-hybridized carbons (Fsp3) is 0.400. The zero-order valence-electron chi connectivity index (χ0n) is 19.1. The lowest BCUT2D eigenvalue weighted by Crippen LogP contribution is -2.25. The number of fused-ring (bicyclic) bond motifs is 1. The van der Waals surface area contributed by atoms with Crippen LogP contribution in [-0.4, -0.2) is 72.1 Å². The van der Waals surface area contributed by atoms with Crippen molar-refractivity contribution in [2.24, 2.45) is 4.99 Å². The Morgan fingerprint density at radius 2 is 1.97 bits per heavy atom. The second-order valence-electron chi connectivity index (χ2n) is 7.99. The molecule has 0 amide bonds. The summed E-state index contributed by atoms with van der Waals surface area (Å²) in [6, 6.07) is 3.51. The number of ketones is 2. The molecule has 1 aliphatic heterocycles. The number of likely N-dealkylation sites (tertiary alicyclic amines) is 1. The van der Waals surface area contributed by atoms with Crippen LogP contribution < -0.4 is 9.47 Å². The number of rotatable bonds is 9. The molecule has 4 rings (SSSR count). The molecular weight excluding hydrogens is 436 g/mol. The van der Waals surface area contributed by atoms with Gasteiger partial charge < -0.3 is 19.1 Å². The van der Waals surface area contributed by atoms with E-state index in [0.717, 1.165) is 32.1 Å². The number of terminal acetylenes is 1. The number of aromatic nitrogens is 2. The maximum atomic E-state index is 12.5. The lowest BCUT2D eigenvalue weighted by molar-refractivity contribution is -0.119. The van der Waals surface area contributed by atoms with Crippen LogP contribution in [0.2, 0.25) is 0 Å². The van der Waals surface area contributed by atoms with Crippen molar-refractivity contribution in [3.63, 3.8) is 0 Å². The second kappa shape index (κ2) is 10.9. The number of benzene rings is 1. The quantitative estimate of drug-likeness (QED) is 0.414. The van der Waals surface area contributed by atoms with Gasteiger partial charge in [0.1, 0.15) is 12.9 Å². The normalized spacial score (nSPS) is 17.6.